The maximum Gasteiger partial charge on any atom is 0.267 e. The summed E-state index contributed by atoms with van der Waals surface area (Å²) >= 11 is 6.08. The average molecular weight is 437 g/mol. The SMILES string of the molecule is COc1cccc(-c2ccc(=O)n(CC(=O)NCCn3ccc4ccc(Cl)cc43)n2)c1. The van der Waals surface area contributed by atoms with Gasteiger partial charge in [0.05, 0.1) is 12.8 Å². The fourth-order valence-corrected chi connectivity index (χ4v) is 3.52. The van der Waals surface area contributed by atoms with Crippen LogP contribution in [-0.2, 0) is 17.9 Å². The summed E-state index contributed by atoms with van der Waals surface area (Å²) in [6.07, 6.45) is 1.96. The first kappa shape index (κ1) is 20.7. The topological polar surface area (TPSA) is 78.1 Å². The lowest BCUT2D eigenvalue weighted by molar-refractivity contribution is -0.121. The zero-order valence-corrected chi connectivity index (χ0v) is 17.7. The molecule has 0 saturated carbocycles. The largest absolute Gasteiger partial charge is 0.497 e. The van der Waals surface area contributed by atoms with Gasteiger partial charge < -0.3 is 14.6 Å². The zero-order valence-electron chi connectivity index (χ0n) is 16.9. The molecule has 4 aromatic rings. The number of fused-ring (bicyclic) bond motifs is 1. The molecule has 7 nitrogen and oxygen atoms in total. The van der Waals surface area contributed by atoms with E-state index in [2.05, 4.69) is 10.4 Å². The number of carbonyl (C=O) groups excluding carboxylic acids is 1. The Kier molecular flexibility index (Phi) is 6.04. The van der Waals surface area contributed by atoms with Gasteiger partial charge in [-0.3, -0.25) is 9.59 Å². The van der Waals surface area contributed by atoms with Crippen LogP contribution in [0.5, 0.6) is 5.75 Å². The third-order valence-corrected chi connectivity index (χ3v) is 5.17. The van der Waals surface area contributed by atoms with E-state index in [0.717, 1.165) is 21.1 Å². The van der Waals surface area contributed by atoms with Gasteiger partial charge in [0.15, 0.2) is 0 Å². The normalized spacial score (nSPS) is 10.9. The maximum atomic E-state index is 12.4. The van der Waals surface area contributed by atoms with E-state index in [1.165, 1.54) is 6.07 Å². The summed E-state index contributed by atoms with van der Waals surface area (Å²) in [5, 5.41) is 8.92. The summed E-state index contributed by atoms with van der Waals surface area (Å²) in [6, 6.07) is 18.1. The van der Waals surface area contributed by atoms with Crippen LogP contribution in [0.25, 0.3) is 22.2 Å². The Morgan fingerprint density at radius 2 is 2.00 bits per heavy atom. The monoisotopic (exact) mass is 436 g/mol. The number of nitrogens with zero attached hydrogens (tertiary/aromatic N) is 3. The third kappa shape index (κ3) is 4.78. The van der Waals surface area contributed by atoms with Crippen molar-refractivity contribution in [1.82, 2.24) is 19.7 Å². The summed E-state index contributed by atoms with van der Waals surface area (Å²) in [6.45, 7) is 0.843. The Labute approximate surface area is 183 Å². The number of methoxy groups -OCH3 is 1. The highest BCUT2D eigenvalue weighted by Gasteiger charge is 2.09. The van der Waals surface area contributed by atoms with Crippen LogP contribution in [-0.4, -0.2) is 33.9 Å². The molecule has 2 heterocycles. The van der Waals surface area contributed by atoms with E-state index in [0.29, 0.717) is 29.6 Å². The van der Waals surface area contributed by atoms with Crippen LogP contribution in [0.3, 0.4) is 0 Å². The second kappa shape index (κ2) is 9.06. The van der Waals surface area contributed by atoms with E-state index in [1.807, 2.05) is 59.3 Å². The number of carbonyl (C=O) groups is 1. The van der Waals surface area contributed by atoms with E-state index in [-0.39, 0.29) is 18.0 Å². The maximum absolute atomic E-state index is 12.4. The molecule has 0 saturated heterocycles. The van der Waals surface area contributed by atoms with Gasteiger partial charge in [-0.15, -0.1) is 0 Å². The van der Waals surface area contributed by atoms with Crippen molar-refractivity contribution < 1.29 is 9.53 Å². The summed E-state index contributed by atoms with van der Waals surface area (Å²) in [7, 11) is 1.59. The van der Waals surface area contributed by atoms with Crippen molar-refractivity contribution in [1.29, 1.82) is 0 Å². The second-order valence-electron chi connectivity index (χ2n) is 7.01. The highest BCUT2D eigenvalue weighted by Crippen LogP contribution is 2.21. The van der Waals surface area contributed by atoms with Crippen LogP contribution in [0.1, 0.15) is 0 Å². The third-order valence-electron chi connectivity index (χ3n) is 4.94. The molecule has 4 rings (SSSR count). The second-order valence-corrected chi connectivity index (χ2v) is 7.45. The van der Waals surface area contributed by atoms with Crippen molar-refractivity contribution >= 4 is 28.4 Å². The van der Waals surface area contributed by atoms with Crippen LogP contribution in [0, 0.1) is 0 Å². The Morgan fingerprint density at radius 1 is 1.13 bits per heavy atom. The fraction of sp³-hybridized carbons (Fsp3) is 0.174. The van der Waals surface area contributed by atoms with E-state index in [9.17, 15) is 9.59 Å². The molecule has 0 atom stereocenters. The molecule has 0 radical (unpaired) electrons. The van der Waals surface area contributed by atoms with Gasteiger partial charge in [-0.05, 0) is 41.8 Å². The van der Waals surface area contributed by atoms with Crippen molar-refractivity contribution in [3.63, 3.8) is 0 Å². The lowest BCUT2D eigenvalue weighted by Crippen LogP contribution is -2.35. The number of amides is 1. The molecular formula is C23H21ClN4O3. The number of hydrogen-bond donors (Lipinski definition) is 1. The highest BCUT2D eigenvalue weighted by molar-refractivity contribution is 6.31. The van der Waals surface area contributed by atoms with Gasteiger partial charge in [-0.25, -0.2) is 4.68 Å². The first-order valence-electron chi connectivity index (χ1n) is 9.77. The van der Waals surface area contributed by atoms with Crippen molar-refractivity contribution in [3.8, 4) is 17.0 Å². The first-order valence-corrected chi connectivity index (χ1v) is 10.1. The minimum absolute atomic E-state index is 0.158. The van der Waals surface area contributed by atoms with Gasteiger partial charge in [0.2, 0.25) is 5.91 Å². The molecule has 0 bridgehead atoms. The first-order chi connectivity index (χ1) is 15.0. The van der Waals surface area contributed by atoms with Gasteiger partial charge in [0.1, 0.15) is 12.3 Å². The molecular weight excluding hydrogens is 416 g/mol. The van der Waals surface area contributed by atoms with Gasteiger partial charge in [-0.1, -0.05) is 29.8 Å². The lowest BCUT2D eigenvalue weighted by Gasteiger charge is -2.10. The molecule has 31 heavy (non-hydrogen) atoms. The van der Waals surface area contributed by atoms with Crippen LogP contribution in [0.15, 0.2) is 71.7 Å². The van der Waals surface area contributed by atoms with Crippen LogP contribution < -0.4 is 15.6 Å². The Bertz CT molecular complexity index is 1300. The fourth-order valence-electron chi connectivity index (χ4n) is 3.36. The highest BCUT2D eigenvalue weighted by atomic mass is 35.5. The van der Waals surface area contributed by atoms with E-state index >= 15 is 0 Å². The molecule has 0 aliphatic rings. The molecule has 8 heteroatoms. The summed E-state index contributed by atoms with van der Waals surface area (Å²) < 4.78 is 8.42. The molecule has 0 spiro atoms. The van der Waals surface area contributed by atoms with Gasteiger partial charge in [0.25, 0.3) is 5.56 Å². The van der Waals surface area contributed by atoms with E-state index in [4.69, 9.17) is 16.3 Å². The summed E-state index contributed by atoms with van der Waals surface area (Å²) in [4.78, 5) is 24.6. The number of nitrogens with one attached hydrogen (secondary N) is 1. The van der Waals surface area contributed by atoms with Gasteiger partial charge in [0, 0.05) is 41.5 Å². The number of halogens is 1. The van der Waals surface area contributed by atoms with Crippen LogP contribution in [0.2, 0.25) is 5.02 Å². The Morgan fingerprint density at radius 3 is 2.84 bits per heavy atom. The Hall–Kier alpha value is -3.58. The van der Waals surface area contributed by atoms with E-state index in [1.54, 1.807) is 13.2 Å². The molecule has 1 amide bonds. The minimum atomic E-state index is -0.340. The van der Waals surface area contributed by atoms with Gasteiger partial charge in [-0.2, -0.15) is 5.10 Å². The predicted octanol–water partition coefficient (Wildman–Crippen LogP) is 3.34. The molecule has 0 fully saturated rings. The summed E-state index contributed by atoms with van der Waals surface area (Å²) in [5.41, 5.74) is 2.05. The number of aromatic nitrogens is 3. The van der Waals surface area contributed by atoms with Crippen molar-refractivity contribution in [2.45, 2.75) is 13.1 Å². The minimum Gasteiger partial charge on any atom is -0.497 e. The van der Waals surface area contributed by atoms with Crippen LogP contribution >= 0.6 is 11.6 Å². The molecule has 2 aromatic carbocycles. The van der Waals surface area contributed by atoms with Crippen molar-refractivity contribution in [2.24, 2.45) is 0 Å². The van der Waals surface area contributed by atoms with Crippen LogP contribution in [0.4, 0.5) is 0 Å². The predicted molar refractivity (Wildman–Crippen MR) is 120 cm³/mol. The van der Waals surface area contributed by atoms with Gasteiger partial charge >= 0.3 is 0 Å². The number of ether oxygens (including phenoxy) is 1. The molecule has 158 valence electrons. The quantitative estimate of drug-likeness (QED) is 0.482. The molecule has 2 aromatic heterocycles. The Balaban J connectivity index is 1.41. The van der Waals surface area contributed by atoms with E-state index < -0.39 is 0 Å². The number of hydrogen-bond acceptors (Lipinski definition) is 4. The number of rotatable bonds is 7. The van der Waals surface area contributed by atoms with Crippen molar-refractivity contribution in [2.75, 3.05) is 13.7 Å². The van der Waals surface area contributed by atoms with Crippen molar-refractivity contribution in [3.05, 3.63) is 82.2 Å². The smallest absolute Gasteiger partial charge is 0.267 e. The number of benzene rings is 2. The summed E-state index contributed by atoms with van der Waals surface area (Å²) in [5.74, 6) is 0.403. The average Bonchev–Trinajstić information content (AvgIpc) is 3.17. The molecule has 0 aliphatic carbocycles. The molecule has 1 N–H and O–H groups in total. The standard InChI is InChI=1S/C23H21ClN4O3/c1-31-19-4-2-3-17(13-19)20-7-8-23(30)28(26-20)15-22(29)25-10-12-27-11-9-16-5-6-18(24)14-21(16)27/h2-9,11,13-14H,10,12,15H2,1H3,(H,25,29). The molecule has 0 unspecified atom stereocenters. The zero-order chi connectivity index (χ0) is 21.8. The molecule has 0 aliphatic heterocycles. The lowest BCUT2D eigenvalue weighted by atomic mass is 10.1.